The lowest BCUT2D eigenvalue weighted by atomic mass is 10.1. The Labute approximate surface area is 145 Å². The minimum Gasteiger partial charge on any atom is -0.465 e. The molecule has 7 heteroatoms. The third-order valence-electron chi connectivity index (χ3n) is 4.04. The molecule has 0 saturated carbocycles. The summed E-state index contributed by atoms with van der Waals surface area (Å²) >= 11 is 1.63. The van der Waals surface area contributed by atoms with Crippen LogP contribution >= 0.6 is 11.3 Å². The molecule has 6 nitrogen and oxygen atoms in total. The van der Waals surface area contributed by atoms with Crippen molar-refractivity contribution in [3.05, 3.63) is 46.0 Å². The number of nitrogens with zero attached hydrogens (tertiary/aromatic N) is 1. The summed E-state index contributed by atoms with van der Waals surface area (Å²) in [6.07, 6.45) is 0. The first-order valence-electron chi connectivity index (χ1n) is 8.14. The molecular formula is C17H23N3O3S. The molecule has 1 fully saturated rings. The molecule has 0 aromatic carbocycles. The fraction of sp³-hybridized carbons (Fsp3) is 0.471. The quantitative estimate of drug-likeness (QED) is 0.841. The number of morpholine rings is 1. The van der Waals surface area contributed by atoms with E-state index in [0.717, 1.165) is 29.5 Å². The Morgan fingerprint density at radius 1 is 1.29 bits per heavy atom. The van der Waals surface area contributed by atoms with Gasteiger partial charge in [0, 0.05) is 24.5 Å². The number of carbonyl (C=O) groups excluding carboxylic acids is 1. The van der Waals surface area contributed by atoms with Crippen LogP contribution in [0.4, 0.5) is 4.79 Å². The Kier molecular flexibility index (Phi) is 5.90. The Balaban J connectivity index is 1.55. The van der Waals surface area contributed by atoms with Gasteiger partial charge < -0.3 is 19.8 Å². The fourth-order valence-electron chi connectivity index (χ4n) is 2.76. The van der Waals surface area contributed by atoms with E-state index in [1.165, 1.54) is 0 Å². The first-order chi connectivity index (χ1) is 11.7. The topological polar surface area (TPSA) is 66.7 Å². The molecule has 0 spiro atoms. The molecule has 0 aliphatic carbocycles. The maximum Gasteiger partial charge on any atom is 0.315 e. The smallest absolute Gasteiger partial charge is 0.315 e. The third-order valence-corrected chi connectivity index (χ3v) is 4.91. The van der Waals surface area contributed by atoms with E-state index in [1.54, 1.807) is 11.3 Å². The van der Waals surface area contributed by atoms with Gasteiger partial charge in [0.1, 0.15) is 11.5 Å². The molecular weight excluding hydrogens is 326 g/mol. The normalized spacial score (nSPS) is 16.7. The van der Waals surface area contributed by atoms with Crippen LogP contribution < -0.4 is 10.6 Å². The molecule has 0 radical (unpaired) electrons. The first kappa shape index (κ1) is 17.0. The van der Waals surface area contributed by atoms with Gasteiger partial charge in [-0.1, -0.05) is 6.07 Å². The zero-order valence-corrected chi connectivity index (χ0v) is 14.6. The molecule has 24 heavy (non-hydrogen) atoms. The van der Waals surface area contributed by atoms with Gasteiger partial charge in [-0.05, 0) is 30.5 Å². The zero-order valence-electron chi connectivity index (χ0n) is 13.8. The summed E-state index contributed by atoms with van der Waals surface area (Å²) in [4.78, 5) is 15.5. The van der Waals surface area contributed by atoms with Crippen LogP contribution in [0.15, 0.2) is 34.1 Å². The minimum atomic E-state index is -0.162. The van der Waals surface area contributed by atoms with Crippen LogP contribution in [0.25, 0.3) is 0 Å². The molecule has 1 aliphatic rings. The van der Waals surface area contributed by atoms with Crippen molar-refractivity contribution >= 4 is 17.4 Å². The van der Waals surface area contributed by atoms with Crippen molar-refractivity contribution < 1.29 is 13.9 Å². The van der Waals surface area contributed by atoms with Gasteiger partial charge in [-0.15, -0.1) is 11.3 Å². The summed E-state index contributed by atoms with van der Waals surface area (Å²) < 4.78 is 11.2. The molecule has 3 heterocycles. The van der Waals surface area contributed by atoms with Crippen molar-refractivity contribution in [1.29, 1.82) is 0 Å². The molecule has 130 valence electrons. The Morgan fingerprint density at radius 2 is 2.12 bits per heavy atom. The predicted molar refractivity (Wildman–Crippen MR) is 93.1 cm³/mol. The summed E-state index contributed by atoms with van der Waals surface area (Å²) in [6.45, 7) is 6.07. The van der Waals surface area contributed by atoms with Gasteiger partial charge in [-0.2, -0.15) is 0 Å². The van der Waals surface area contributed by atoms with Crippen molar-refractivity contribution in [3.63, 3.8) is 0 Å². The van der Waals surface area contributed by atoms with Crippen molar-refractivity contribution in [3.8, 4) is 0 Å². The maximum absolute atomic E-state index is 12.1. The number of nitrogens with one attached hydrogen (secondary N) is 2. The van der Waals surface area contributed by atoms with Crippen LogP contribution in [0.1, 0.15) is 22.4 Å². The van der Waals surface area contributed by atoms with Crippen molar-refractivity contribution in [2.75, 3.05) is 32.8 Å². The minimum absolute atomic E-state index is 0.0232. The van der Waals surface area contributed by atoms with Gasteiger partial charge in [0.25, 0.3) is 0 Å². The number of hydrogen-bond donors (Lipinski definition) is 2. The van der Waals surface area contributed by atoms with Crippen LogP contribution in [0.5, 0.6) is 0 Å². The molecule has 2 amide bonds. The van der Waals surface area contributed by atoms with Gasteiger partial charge in [0.15, 0.2) is 0 Å². The van der Waals surface area contributed by atoms with Gasteiger partial charge >= 0.3 is 6.03 Å². The maximum atomic E-state index is 12.1. The third kappa shape index (κ3) is 4.59. The molecule has 0 unspecified atom stereocenters. The highest BCUT2D eigenvalue weighted by atomic mass is 32.1. The number of furan rings is 1. The van der Waals surface area contributed by atoms with Crippen molar-refractivity contribution in [2.24, 2.45) is 0 Å². The highest BCUT2D eigenvalue weighted by molar-refractivity contribution is 7.09. The second-order valence-corrected chi connectivity index (χ2v) is 6.79. The number of ether oxygens (including phenoxy) is 1. The SMILES string of the molecule is Cc1ccc([C@@H](CNC(=O)NCc2cccs2)N2CCOCC2)o1. The van der Waals surface area contributed by atoms with E-state index in [0.29, 0.717) is 26.3 Å². The fourth-order valence-corrected chi connectivity index (χ4v) is 3.41. The van der Waals surface area contributed by atoms with E-state index < -0.39 is 0 Å². The van der Waals surface area contributed by atoms with Crippen LogP contribution in [-0.4, -0.2) is 43.8 Å². The van der Waals surface area contributed by atoms with E-state index in [2.05, 4.69) is 15.5 Å². The van der Waals surface area contributed by atoms with Crippen molar-refractivity contribution in [2.45, 2.75) is 19.5 Å². The number of urea groups is 1. The number of amides is 2. The van der Waals surface area contributed by atoms with E-state index in [1.807, 2.05) is 36.6 Å². The van der Waals surface area contributed by atoms with Crippen molar-refractivity contribution in [1.82, 2.24) is 15.5 Å². The van der Waals surface area contributed by atoms with E-state index >= 15 is 0 Å². The summed E-state index contributed by atoms with van der Waals surface area (Å²) in [5.74, 6) is 1.76. The molecule has 1 saturated heterocycles. The van der Waals surface area contributed by atoms with Gasteiger partial charge in [-0.25, -0.2) is 4.79 Å². The van der Waals surface area contributed by atoms with Crippen LogP contribution in [-0.2, 0) is 11.3 Å². The number of rotatable bonds is 6. The highest BCUT2D eigenvalue weighted by Gasteiger charge is 2.25. The molecule has 0 bridgehead atoms. The Bertz CT molecular complexity index is 635. The average molecular weight is 349 g/mol. The lowest BCUT2D eigenvalue weighted by molar-refractivity contribution is 0.0121. The Hall–Kier alpha value is -1.83. The number of hydrogen-bond acceptors (Lipinski definition) is 5. The number of thiophene rings is 1. The first-order valence-corrected chi connectivity index (χ1v) is 9.02. The lowest BCUT2D eigenvalue weighted by Gasteiger charge is -2.33. The molecule has 2 aromatic rings. The lowest BCUT2D eigenvalue weighted by Crippen LogP contribution is -2.45. The molecule has 3 rings (SSSR count). The van der Waals surface area contributed by atoms with Gasteiger partial charge in [0.2, 0.25) is 0 Å². The summed E-state index contributed by atoms with van der Waals surface area (Å²) in [7, 11) is 0. The van der Waals surface area contributed by atoms with E-state index in [9.17, 15) is 4.79 Å². The van der Waals surface area contributed by atoms with E-state index in [-0.39, 0.29) is 12.1 Å². The molecule has 2 N–H and O–H groups in total. The number of carbonyl (C=O) groups is 1. The second kappa shape index (κ2) is 8.32. The largest absolute Gasteiger partial charge is 0.465 e. The van der Waals surface area contributed by atoms with E-state index in [4.69, 9.17) is 9.15 Å². The number of aryl methyl sites for hydroxylation is 1. The summed E-state index contributed by atoms with van der Waals surface area (Å²) in [5.41, 5.74) is 0. The average Bonchev–Trinajstić information content (AvgIpc) is 3.26. The standard InChI is InChI=1S/C17H23N3O3S/c1-13-4-5-16(23-13)15(20-6-8-22-9-7-20)12-19-17(21)18-11-14-3-2-10-24-14/h2-5,10,15H,6-9,11-12H2,1H3,(H2,18,19,21)/t15-/m1/s1. The zero-order chi connectivity index (χ0) is 16.8. The highest BCUT2D eigenvalue weighted by Crippen LogP contribution is 2.23. The second-order valence-electron chi connectivity index (χ2n) is 5.76. The molecule has 1 aliphatic heterocycles. The molecule has 2 aromatic heterocycles. The molecule has 1 atom stereocenters. The van der Waals surface area contributed by atoms with Gasteiger partial charge in [0.05, 0.1) is 25.8 Å². The monoisotopic (exact) mass is 349 g/mol. The summed E-state index contributed by atoms with van der Waals surface area (Å²) in [5, 5.41) is 7.85. The Morgan fingerprint density at radius 3 is 2.79 bits per heavy atom. The predicted octanol–water partition coefficient (Wildman–Crippen LogP) is 2.52. The van der Waals surface area contributed by atoms with Crippen LogP contribution in [0.2, 0.25) is 0 Å². The van der Waals surface area contributed by atoms with Crippen LogP contribution in [0.3, 0.4) is 0 Å². The van der Waals surface area contributed by atoms with Crippen LogP contribution in [0, 0.1) is 6.92 Å². The van der Waals surface area contributed by atoms with Gasteiger partial charge in [-0.3, -0.25) is 4.90 Å². The summed E-state index contributed by atoms with van der Waals surface area (Å²) in [6, 6.07) is 7.79.